The zero-order chi connectivity index (χ0) is 20.1. The Morgan fingerprint density at radius 2 is 1.86 bits per heavy atom. The average Bonchev–Trinajstić information content (AvgIpc) is 2.74. The van der Waals surface area contributed by atoms with E-state index in [2.05, 4.69) is 59.0 Å². The number of fused-ring (bicyclic) bond motifs is 1. The van der Waals surface area contributed by atoms with Gasteiger partial charge in [-0.3, -0.25) is 14.9 Å². The Labute approximate surface area is 181 Å². The van der Waals surface area contributed by atoms with Crippen LogP contribution in [0, 0.1) is 13.8 Å². The lowest BCUT2D eigenvalue weighted by atomic mass is 10.2. The first-order chi connectivity index (χ1) is 14.2. The van der Waals surface area contributed by atoms with Crippen LogP contribution in [0.15, 0.2) is 52.4 Å². The standard InChI is InChI=1S/C23H27N3OS2/c1-17-15-23(19-5-3-4-6-20(19)25-17)29-16-21-18(2)22(7-8-24-21)28-14-11-26-9-12-27-13-10-26/h3-8,15H,9-14,16H2,1-2H3. The number of hydrogen-bond acceptors (Lipinski definition) is 6. The number of nitrogens with zero attached hydrogens (tertiary/aromatic N) is 3. The highest BCUT2D eigenvalue weighted by atomic mass is 32.2. The first-order valence-corrected chi connectivity index (χ1v) is 12.0. The molecule has 152 valence electrons. The van der Waals surface area contributed by atoms with Crippen LogP contribution in [0.3, 0.4) is 0 Å². The van der Waals surface area contributed by atoms with Gasteiger partial charge in [-0.25, -0.2) is 0 Å². The van der Waals surface area contributed by atoms with Gasteiger partial charge >= 0.3 is 0 Å². The molecule has 1 saturated heterocycles. The zero-order valence-electron chi connectivity index (χ0n) is 17.1. The van der Waals surface area contributed by atoms with Crippen LogP contribution >= 0.6 is 23.5 Å². The van der Waals surface area contributed by atoms with E-state index in [-0.39, 0.29) is 0 Å². The lowest BCUT2D eigenvalue weighted by Crippen LogP contribution is -2.37. The summed E-state index contributed by atoms with van der Waals surface area (Å²) in [6.45, 7) is 9.21. The molecule has 1 aliphatic heterocycles. The van der Waals surface area contributed by atoms with Crippen LogP contribution < -0.4 is 0 Å². The Kier molecular flexibility index (Phi) is 7.08. The van der Waals surface area contributed by atoms with E-state index in [1.54, 1.807) is 0 Å². The van der Waals surface area contributed by atoms with Gasteiger partial charge in [0.2, 0.25) is 0 Å². The summed E-state index contributed by atoms with van der Waals surface area (Å²) in [5.74, 6) is 1.97. The molecular weight excluding hydrogens is 398 g/mol. The highest BCUT2D eigenvalue weighted by Gasteiger charge is 2.12. The van der Waals surface area contributed by atoms with Gasteiger partial charge in [-0.2, -0.15) is 0 Å². The van der Waals surface area contributed by atoms with E-state index in [1.807, 2.05) is 35.8 Å². The fraction of sp³-hybridized carbons (Fsp3) is 0.391. The minimum atomic E-state index is 0.865. The number of hydrogen-bond donors (Lipinski definition) is 0. The molecule has 0 atom stereocenters. The SMILES string of the molecule is Cc1cc(SCc2nccc(SCCN3CCOCC3)c2C)c2ccccc2n1. The molecule has 1 aromatic carbocycles. The number of benzene rings is 1. The summed E-state index contributed by atoms with van der Waals surface area (Å²) in [6, 6.07) is 12.7. The van der Waals surface area contributed by atoms with Gasteiger partial charge in [-0.05, 0) is 37.6 Å². The topological polar surface area (TPSA) is 38.2 Å². The van der Waals surface area contributed by atoms with Crippen molar-refractivity contribution < 1.29 is 4.74 Å². The predicted octanol–water partition coefficient (Wildman–Crippen LogP) is 4.96. The number of aryl methyl sites for hydroxylation is 1. The van der Waals surface area contributed by atoms with Crippen molar-refractivity contribution in [2.45, 2.75) is 29.4 Å². The molecule has 0 amide bonds. The molecule has 0 N–H and O–H groups in total. The molecule has 0 unspecified atom stereocenters. The third-order valence-corrected chi connectivity index (χ3v) is 7.40. The van der Waals surface area contributed by atoms with Gasteiger partial charge in [0.05, 0.1) is 24.4 Å². The highest BCUT2D eigenvalue weighted by Crippen LogP contribution is 2.32. The normalized spacial score (nSPS) is 15.1. The van der Waals surface area contributed by atoms with Crippen molar-refractivity contribution in [2.75, 3.05) is 38.6 Å². The number of morpholine rings is 1. The van der Waals surface area contributed by atoms with Crippen molar-refractivity contribution in [3.05, 3.63) is 59.5 Å². The zero-order valence-corrected chi connectivity index (χ0v) is 18.7. The lowest BCUT2D eigenvalue weighted by molar-refractivity contribution is 0.0410. The number of thioether (sulfide) groups is 2. The molecule has 0 radical (unpaired) electrons. The van der Waals surface area contributed by atoms with E-state index in [1.165, 1.54) is 26.4 Å². The number of para-hydroxylation sites is 1. The van der Waals surface area contributed by atoms with Crippen LogP contribution in [-0.2, 0) is 10.5 Å². The first kappa shape index (κ1) is 20.7. The summed E-state index contributed by atoms with van der Waals surface area (Å²) in [4.78, 5) is 14.4. The van der Waals surface area contributed by atoms with Gasteiger partial charge in [-0.15, -0.1) is 23.5 Å². The predicted molar refractivity (Wildman–Crippen MR) is 123 cm³/mol. The quantitative estimate of drug-likeness (QED) is 0.498. The van der Waals surface area contributed by atoms with Crippen LogP contribution in [0.4, 0.5) is 0 Å². The van der Waals surface area contributed by atoms with Crippen LogP contribution in [0.1, 0.15) is 17.0 Å². The molecule has 4 nitrogen and oxygen atoms in total. The Morgan fingerprint density at radius 3 is 2.72 bits per heavy atom. The molecule has 0 saturated carbocycles. The summed E-state index contributed by atoms with van der Waals surface area (Å²) < 4.78 is 5.43. The van der Waals surface area contributed by atoms with E-state index in [9.17, 15) is 0 Å². The highest BCUT2D eigenvalue weighted by molar-refractivity contribution is 7.99. The van der Waals surface area contributed by atoms with Crippen LogP contribution in [0.2, 0.25) is 0 Å². The van der Waals surface area contributed by atoms with Gasteiger partial charge < -0.3 is 4.74 Å². The van der Waals surface area contributed by atoms with E-state index < -0.39 is 0 Å². The van der Waals surface area contributed by atoms with Crippen molar-refractivity contribution in [1.82, 2.24) is 14.9 Å². The Hall–Kier alpha value is -1.60. The number of aromatic nitrogens is 2. The second-order valence-electron chi connectivity index (χ2n) is 7.25. The molecule has 3 heterocycles. The van der Waals surface area contributed by atoms with Gasteiger partial charge in [0.15, 0.2) is 0 Å². The van der Waals surface area contributed by atoms with Gasteiger partial charge in [0.1, 0.15) is 0 Å². The van der Waals surface area contributed by atoms with Crippen molar-refractivity contribution in [3.8, 4) is 0 Å². The maximum atomic E-state index is 5.43. The summed E-state index contributed by atoms with van der Waals surface area (Å²) in [6.07, 6.45) is 1.95. The third-order valence-electron chi connectivity index (χ3n) is 5.20. The molecule has 1 fully saturated rings. The van der Waals surface area contributed by atoms with Gasteiger partial charge in [-0.1, -0.05) is 18.2 Å². The monoisotopic (exact) mass is 425 g/mol. The molecule has 29 heavy (non-hydrogen) atoms. The van der Waals surface area contributed by atoms with Crippen LogP contribution in [0.25, 0.3) is 10.9 Å². The largest absolute Gasteiger partial charge is 0.379 e. The lowest BCUT2D eigenvalue weighted by Gasteiger charge is -2.26. The molecule has 1 aliphatic rings. The van der Waals surface area contributed by atoms with Crippen molar-refractivity contribution in [2.24, 2.45) is 0 Å². The number of rotatable bonds is 7. The number of ether oxygens (including phenoxy) is 1. The van der Waals surface area contributed by atoms with Crippen molar-refractivity contribution in [1.29, 1.82) is 0 Å². The fourth-order valence-electron chi connectivity index (χ4n) is 3.51. The smallest absolute Gasteiger partial charge is 0.0716 e. The van der Waals surface area contributed by atoms with Crippen molar-refractivity contribution >= 4 is 34.4 Å². The third kappa shape index (κ3) is 5.31. The Morgan fingerprint density at radius 1 is 1.03 bits per heavy atom. The second-order valence-corrected chi connectivity index (χ2v) is 9.40. The van der Waals surface area contributed by atoms with E-state index in [4.69, 9.17) is 4.74 Å². The van der Waals surface area contributed by atoms with E-state index in [0.29, 0.717) is 0 Å². The number of pyridine rings is 2. The Bertz CT molecular complexity index is 973. The van der Waals surface area contributed by atoms with Gasteiger partial charge in [0, 0.05) is 58.2 Å². The minimum Gasteiger partial charge on any atom is -0.379 e. The second kappa shape index (κ2) is 9.94. The molecule has 4 rings (SSSR count). The first-order valence-electron chi connectivity index (χ1n) is 10.1. The fourth-order valence-corrected chi connectivity index (χ4v) is 5.73. The molecule has 3 aromatic rings. The van der Waals surface area contributed by atoms with Crippen LogP contribution in [0.5, 0.6) is 0 Å². The average molecular weight is 426 g/mol. The van der Waals surface area contributed by atoms with E-state index in [0.717, 1.165) is 55.6 Å². The Balaban J connectivity index is 1.41. The summed E-state index contributed by atoms with van der Waals surface area (Å²) in [7, 11) is 0. The van der Waals surface area contributed by atoms with Crippen molar-refractivity contribution in [3.63, 3.8) is 0 Å². The molecule has 0 aliphatic carbocycles. The van der Waals surface area contributed by atoms with Gasteiger partial charge in [0.25, 0.3) is 0 Å². The molecule has 2 aromatic heterocycles. The summed E-state index contributed by atoms with van der Waals surface area (Å²) >= 11 is 3.79. The summed E-state index contributed by atoms with van der Waals surface area (Å²) in [5, 5.41) is 1.22. The maximum Gasteiger partial charge on any atom is 0.0716 e. The molecule has 6 heteroatoms. The minimum absolute atomic E-state index is 0.865. The molecule has 0 bridgehead atoms. The maximum absolute atomic E-state index is 5.43. The summed E-state index contributed by atoms with van der Waals surface area (Å²) in [5.41, 5.74) is 4.60. The molecule has 0 spiro atoms. The van der Waals surface area contributed by atoms with E-state index >= 15 is 0 Å². The van der Waals surface area contributed by atoms with Crippen LogP contribution in [-0.4, -0.2) is 53.5 Å². The molecular formula is C23H27N3OS2.